The zero-order chi connectivity index (χ0) is 9.68. The van der Waals surface area contributed by atoms with Crippen LogP contribution < -0.4 is 5.32 Å². The summed E-state index contributed by atoms with van der Waals surface area (Å²) in [7, 11) is 0. The molecule has 5 nitrogen and oxygen atoms in total. The van der Waals surface area contributed by atoms with Gasteiger partial charge in [0.25, 0.3) is 5.91 Å². The van der Waals surface area contributed by atoms with E-state index in [0.717, 1.165) is 0 Å². The third-order valence-electron chi connectivity index (χ3n) is 1.44. The highest BCUT2D eigenvalue weighted by Gasteiger charge is 2.11. The van der Waals surface area contributed by atoms with Crippen molar-refractivity contribution in [3.8, 4) is 6.07 Å². The molecule has 1 atom stereocenters. The van der Waals surface area contributed by atoms with E-state index in [2.05, 4.69) is 15.0 Å². The topological polar surface area (TPSA) is 78.9 Å². The molecule has 1 N–H and O–H groups in total. The second-order valence-corrected chi connectivity index (χ2v) is 2.61. The normalized spacial score (nSPS) is 11.7. The fraction of sp³-hybridized carbons (Fsp3) is 0.375. The van der Waals surface area contributed by atoms with E-state index in [4.69, 9.17) is 5.26 Å². The molecular formula is C8H9N3O2. The highest BCUT2D eigenvalue weighted by atomic mass is 16.5. The summed E-state index contributed by atoms with van der Waals surface area (Å²) >= 11 is 0. The monoisotopic (exact) mass is 179 g/mol. The Kier molecular flexibility index (Phi) is 3.03. The molecule has 1 rings (SSSR count). The van der Waals surface area contributed by atoms with E-state index in [-0.39, 0.29) is 24.1 Å². The van der Waals surface area contributed by atoms with Crippen LogP contribution in [0.1, 0.15) is 23.9 Å². The van der Waals surface area contributed by atoms with Crippen molar-refractivity contribution in [3.05, 3.63) is 18.0 Å². The summed E-state index contributed by atoms with van der Waals surface area (Å²) in [5.74, 6) is -0.190. The average molecular weight is 179 g/mol. The van der Waals surface area contributed by atoms with Crippen LogP contribution in [0.4, 0.5) is 0 Å². The number of rotatable bonds is 3. The highest BCUT2D eigenvalue weighted by Crippen LogP contribution is 1.97. The summed E-state index contributed by atoms with van der Waals surface area (Å²) < 4.78 is 4.63. The van der Waals surface area contributed by atoms with E-state index in [1.165, 1.54) is 12.3 Å². The molecule has 0 fully saturated rings. The van der Waals surface area contributed by atoms with E-state index >= 15 is 0 Å². The van der Waals surface area contributed by atoms with E-state index in [1.54, 1.807) is 6.92 Å². The van der Waals surface area contributed by atoms with Gasteiger partial charge in [-0.3, -0.25) is 4.79 Å². The van der Waals surface area contributed by atoms with Crippen molar-refractivity contribution in [2.45, 2.75) is 19.4 Å². The molecule has 0 aliphatic rings. The van der Waals surface area contributed by atoms with Crippen LogP contribution in [0.3, 0.4) is 0 Å². The molecule has 1 unspecified atom stereocenters. The Morgan fingerprint density at radius 2 is 2.69 bits per heavy atom. The van der Waals surface area contributed by atoms with Gasteiger partial charge in [0.2, 0.25) is 5.76 Å². The van der Waals surface area contributed by atoms with Crippen molar-refractivity contribution in [1.29, 1.82) is 5.26 Å². The average Bonchev–Trinajstić information content (AvgIpc) is 2.55. The van der Waals surface area contributed by atoms with Crippen LogP contribution in [0, 0.1) is 11.3 Å². The molecule has 5 heteroatoms. The molecule has 0 bridgehead atoms. The number of carbonyl (C=O) groups is 1. The Balaban J connectivity index is 2.48. The summed E-state index contributed by atoms with van der Waals surface area (Å²) in [4.78, 5) is 11.2. The van der Waals surface area contributed by atoms with Crippen molar-refractivity contribution in [3.63, 3.8) is 0 Å². The summed E-state index contributed by atoms with van der Waals surface area (Å²) in [6, 6.07) is 3.25. The molecule has 1 aromatic heterocycles. The van der Waals surface area contributed by atoms with Crippen LogP contribution in [0.25, 0.3) is 0 Å². The van der Waals surface area contributed by atoms with Gasteiger partial charge in [-0.25, -0.2) is 0 Å². The van der Waals surface area contributed by atoms with Crippen LogP contribution in [0.2, 0.25) is 0 Å². The molecule has 1 heterocycles. The molecule has 0 radical (unpaired) electrons. The number of carbonyl (C=O) groups excluding carboxylic acids is 1. The maximum atomic E-state index is 11.2. The first-order valence-electron chi connectivity index (χ1n) is 3.82. The predicted molar refractivity (Wildman–Crippen MR) is 43.7 cm³/mol. The minimum Gasteiger partial charge on any atom is -0.351 e. The van der Waals surface area contributed by atoms with Crippen molar-refractivity contribution in [2.75, 3.05) is 0 Å². The first-order valence-corrected chi connectivity index (χ1v) is 3.82. The quantitative estimate of drug-likeness (QED) is 0.740. The minimum atomic E-state index is -0.347. The van der Waals surface area contributed by atoms with Crippen molar-refractivity contribution in [1.82, 2.24) is 10.5 Å². The van der Waals surface area contributed by atoms with Crippen molar-refractivity contribution in [2.24, 2.45) is 0 Å². The standard InChI is InChI=1S/C8H9N3O2/c1-6(2-4-9)11-8(12)7-3-5-10-13-7/h3,5-6H,2H2,1H3,(H,11,12). The molecule has 0 spiro atoms. The lowest BCUT2D eigenvalue weighted by atomic mass is 10.2. The molecule has 0 saturated carbocycles. The second kappa shape index (κ2) is 4.26. The number of aromatic nitrogens is 1. The molecule has 13 heavy (non-hydrogen) atoms. The molecule has 1 aromatic rings. The highest BCUT2D eigenvalue weighted by molar-refractivity contribution is 5.91. The summed E-state index contributed by atoms with van der Waals surface area (Å²) in [6.45, 7) is 1.75. The number of nitriles is 1. The molecule has 68 valence electrons. The van der Waals surface area contributed by atoms with Crippen molar-refractivity contribution < 1.29 is 9.32 Å². The van der Waals surface area contributed by atoms with E-state index in [9.17, 15) is 4.79 Å². The van der Waals surface area contributed by atoms with Crippen LogP contribution in [0.5, 0.6) is 0 Å². The Labute approximate surface area is 75.3 Å². The lowest BCUT2D eigenvalue weighted by Gasteiger charge is -2.07. The number of hydrogen-bond acceptors (Lipinski definition) is 4. The fourth-order valence-electron chi connectivity index (χ4n) is 0.816. The number of hydrogen-bond donors (Lipinski definition) is 1. The van der Waals surface area contributed by atoms with Gasteiger partial charge in [-0.05, 0) is 6.92 Å². The van der Waals surface area contributed by atoms with Crippen LogP contribution >= 0.6 is 0 Å². The van der Waals surface area contributed by atoms with E-state index in [1.807, 2.05) is 6.07 Å². The van der Waals surface area contributed by atoms with Gasteiger partial charge in [-0.2, -0.15) is 5.26 Å². The molecule has 0 aliphatic carbocycles. The number of amides is 1. The maximum Gasteiger partial charge on any atom is 0.290 e. The van der Waals surface area contributed by atoms with Crippen LogP contribution in [0.15, 0.2) is 16.8 Å². The minimum absolute atomic E-state index is 0.157. The van der Waals surface area contributed by atoms with Gasteiger partial charge in [-0.15, -0.1) is 0 Å². The van der Waals surface area contributed by atoms with Gasteiger partial charge >= 0.3 is 0 Å². The van der Waals surface area contributed by atoms with E-state index in [0.29, 0.717) is 0 Å². The zero-order valence-corrected chi connectivity index (χ0v) is 7.15. The number of nitrogens with one attached hydrogen (secondary N) is 1. The molecule has 0 saturated heterocycles. The molecule has 1 amide bonds. The van der Waals surface area contributed by atoms with Crippen LogP contribution in [-0.2, 0) is 0 Å². The lowest BCUT2D eigenvalue weighted by Crippen LogP contribution is -2.31. The van der Waals surface area contributed by atoms with Gasteiger partial charge < -0.3 is 9.84 Å². The van der Waals surface area contributed by atoms with Gasteiger partial charge in [0, 0.05) is 12.1 Å². The third-order valence-corrected chi connectivity index (χ3v) is 1.44. The van der Waals surface area contributed by atoms with Gasteiger partial charge in [0.15, 0.2) is 0 Å². The molecular weight excluding hydrogens is 170 g/mol. The largest absolute Gasteiger partial charge is 0.351 e. The first-order chi connectivity index (χ1) is 6.24. The SMILES string of the molecule is CC(CC#N)NC(=O)c1ccno1. The maximum absolute atomic E-state index is 11.2. The lowest BCUT2D eigenvalue weighted by molar-refractivity contribution is 0.0903. The number of nitrogens with zero attached hydrogens (tertiary/aromatic N) is 2. The predicted octanol–water partition coefficient (Wildman–Crippen LogP) is 0.707. The Hall–Kier alpha value is -1.83. The Bertz CT molecular complexity index is 313. The Morgan fingerprint density at radius 3 is 3.23 bits per heavy atom. The molecule has 0 aliphatic heterocycles. The Morgan fingerprint density at radius 1 is 1.92 bits per heavy atom. The summed E-state index contributed by atoms with van der Waals surface area (Å²) in [5.41, 5.74) is 0. The van der Waals surface area contributed by atoms with Crippen molar-refractivity contribution >= 4 is 5.91 Å². The van der Waals surface area contributed by atoms with Gasteiger partial charge in [0.05, 0.1) is 18.7 Å². The van der Waals surface area contributed by atoms with Gasteiger partial charge in [0.1, 0.15) is 0 Å². The van der Waals surface area contributed by atoms with Crippen LogP contribution in [-0.4, -0.2) is 17.1 Å². The summed E-state index contributed by atoms with van der Waals surface area (Å²) in [5, 5.41) is 14.3. The third kappa shape index (κ3) is 2.60. The smallest absolute Gasteiger partial charge is 0.290 e. The molecule has 0 aromatic carbocycles. The zero-order valence-electron chi connectivity index (χ0n) is 7.15. The first kappa shape index (κ1) is 9.26. The van der Waals surface area contributed by atoms with Gasteiger partial charge in [-0.1, -0.05) is 5.16 Å². The fourth-order valence-corrected chi connectivity index (χ4v) is 0.816. The summed E-state index contributed by atoms with van der Waals surface area (Å²) in [6.07, 6.45) is 1.67. The van der Waals surface area contributed by atoms with E-state index < -0.39 is 0 Å². The second-order valence-electron chi connectivity index (χ2n) is 2.61.